The van der Waals surface area contributed by atoms with E-state index in [1.807, 2.05) is 20.8 Å². The number of rotatable bonds is 1. The summed E-state index contributed by atoms with van der Waals surface area (Å²) in [5.41, 5.74) is 1.40. The number of aromatic amines is 1. The van der Waals surface area contributed by atoms with Crippen molar-refractivity contribution < 1.29 is 9.53 Å². The normalized spacial score (nSPS) is 15.9. The van der Waals surface area contributed by atoms with Crippen molar-refractivity contribution in [3.05, 3.63) is 33.4 Å². The Hall–Kier alpha value is -2.82. The van der Waals surface area contributed by atoms with Crippen LogP contribution in [0.5, 0.6) is 0 Å². The van der Waals surface area contributed by atoms with Gasteiger partial charge in [-0.25, -0.2) is 9.31 Å². The van der Waals surface area contributed by atoms with E-state index in [4.69, 9.17) is 4.74 Å². The molecule has 0 saturated carbocycles. The van der Waals surface area contributed by atoms with Crippen LogP contribution in [0.1, 0.15) is 56.5 Å². The van der Waals surface area contributed by atoms with Crippen LogP contribution < -0.4 is 5.56 Å². The Morgan fingerprint density at radius 2 is 2.04 bits per heavy atom. The van der Waals surface area contributed by atoms with E-state index in [2.05, 4.69) is 16.2 Å². The second-order valence-electron chi connectivity index (χ2n) is 7.63. The van der Waals surface area contributed by atoms with Gasteiger partial charge in [-0.15, -0.1) is 0 Å². The molecule has 0 spiro atoms. The molecule has 2 aromatic heterocycles. The van der Waals surface area contributed by atoms with Gasteiger partial charge in [0.15, 0.2) is 5.65 Å². The molecule has 8 nitrogen and oxygen atoms in total. The Balaban J connectivity index is 1.83. The number of aromatic nitrogens is 3. The van der Waals surface area contributed by atoms with Gasteiger partial charge in [0.1, 0.15) is 17.2 Å². The van der Waals surface area contributed by atoms with Crippen molar-refractivity contribution in [1.82, 2.24) is 19.5 Å². The van der Waals surface area contributed by atoms with Gasteiger partial charge < -0.3 is 14.6 Å². The summed E-state index contributed by atoms with van der Waals surface area (Å²) in [5.74, 6) is 0.0873. The molecule has 1 N–H and O–H groups in total. The van der Waals surface area contributed by atoms with E-state index in [0.717, 1.165) is 5.69 Å². The number of ether oxygens (including phenoxy) is 1. The maximum atomic E-state index is 12.2. The zero-order valence-electron chi connectivity index (χ0n) is 15.5. The van der Waals surface area contributed by atoms with E-state index in [9.17, 15) is 14.9 Å². The highest BCUT2D eigenvalue weighted by Gasteiger charge is 2.29. The van der Waals surface area contributed by atoms with Crippen molar-refractivity contribution in [3.63, 3.8) is 0 Å². The second kappa shape index (κ2) is 6.48. The van der Waals surface area contributed by atoms with E-state index in [0.29, 0.717) is 42.8 Å². The van der Waals surface area contributed by atoms with Crippen LogP contribution in [0, 0.1) is 18.3 Å². The van der Waals surface area contributed by atoms with Crippen LogP contribution in [0.15, 0.2) is 10.9 Å². The average molecular weight is 357 g/mol. The Kier molecular flexibility index (Phi) is 4.48. The molecule has 138 valence electrons. The summed E-state index contributed by atoms with van der Waals surface area (Å²) in [6, 6.07) is 3.63. The molecule has 0 radical (unpaired) electrons. The number of nitriles is 1. The average Bonchev–Trinajstić information content (AvgIpc) is 2.87. The van der Waals surface area contributed by atoms with Gasteiger partial charge in [-0.3, -0.25) is 4.79 Å². The first-order valence-corrected chi connectivity index (χ1v) is 8.70. The number of amides is 1. The summed E-state index contributed by atoms with van der Waals surface area (Å²) in [4.78, 5) is 28.7. The molecule has 0 bridgehead atoms. The number of hydrogen-bond acceptors (Lipinski definition) is 5. The summed E-state index contributed by atoms with van der Waals surface area (Å²) in [6.45, 7) is 8.39. The molecule has 1 saturated heterocycles. The summed E-state index contributed by atoms with van der Waals surface area (Å²) >= 11 is 0. The van der Waals surface area contributed by atoms with E-state index in [-0.39, 0.29) is 17.6 Å². The fourth-order valence-electron chi connectivity index (χ4n) is 3.29. The van der Waals surface area contributed by atoms with Gasteiger partial charge in [0, 0.05) is 25.1 Å². The van der Waals surface area contributed by atoms with Crippen molar-refractivity contribution in [3.8, 4) is 6.07 Å². The first kappa shape index (κ1) is 18.0. The molecular formula is C18H23N5O3. The summed E-state index contributed by atoms with van der Waals surface area (Å²) < 4.78 is 7.08. The van der Waals surface area contributed by atoms with Crippen LogP contribution in [0.25, 0.3) is 5.65 Å². The molecule has 3 rings (SSSR count). The molecular weight excluding hydrogens is 334 g/mol. The Bertz CT molecular complexity index is 937. The highest BCUT2D eigenvalue weighted by molar-refractivity contribution is 5.68. The van der Waals surface area contributed by atoms with Gasteiger partial charge in [-0.05, 0) is 40.5 Å². The minimum atomic E-state index is -0.521. The maximum absolute atomic E-state index is 12.2. The lowest BCUT2D eigenvalue weighted by molar-refractivity contribution is 0.0203. The van der Waals surface area contributed by atoms with E-state index in [1.165, 1.54) is 6.07 Å². The van der Waals surface area contributed by atoms with Crippen LogP contribution >= 0.6 is 0 Å². The van der Waals surface area contributed by atoms with Gasteiger partial charge in [-0.2, -0.15) is 10.4 Å². The minimum Gasteiger partial charge on any atom is -0.444 e. The second-order valence-corrected chi connectivity index (χ2v) is 7.63. The Labute approximate surface area is 151 Å². The van der Waals surface area contributed by atoms with Crippen LogP contribution in [0.3, 0.4) is 0 Å². The van der Waals surface area contributed by atoms with E-state index < -0.39 is 5.60 Å². The number of aryl methyl sites for hydroxylation is 1. The zero-order chi connectivity index (χ0) is 19.1. The van der Waals surface area contributed by atoms with Gasteiger partial charge in [-0.1, -0.05) is 0 Å². The van der Waals surface area contributed by atoms with Crippen LogP contribution in [0.2, 0.25) is 0 Å². The monoisotopic (exact) mass is 357 g/mol. The molecule has 0 atom stereocenters. The van der Waals surface area contributed by atoms with Crippen molar-refractivity contribution in [2.75, 3.05) is 13.1 Å². The number of nitrogens with zero attached hydrogens (tertiary/aromatic N) is 4. The number of nitrogens with one attached hydrogen (secondary N) is 1. The van der Waals surface area contributed by atoms with Crippen molar-refractivity contribution in [2.24, 2.45) is 0 Å². The van der Waals surface area contributed by atoms with Crippen molar-refractivity contribution in [1.29, 1.82) is 5.26 Å². The van der Waals surface area contributed by atoms with Gasteiger partial charge >= 0.3 is 6.09 Å². The fourth-order valence-corrected chi connectivity index (χ4v) is 3.29. The number of carbonyl (C=O) groups excluding carboxylic acids is 1. The zero-order valence-corrected chi connectivity index (χ0v) is 15.5. The lowest BCUT2D eigenvalue weighted by Gasteiger charge is -2.33. The summed E-state index contributed by atoms with van der Waals surface area (Å²) in [6.07, 6.45) is 1.10. The number of likely N-dealkylation sites (tertiary alicyclic amines) is 1. The molecule has 1 aliphatic heterocycles. The van der Waals surface area contributed by atoms with Gasteiger partial charge in [0.25, 0.3) is 5.56 Å². The molecule has 0 unspecified atom stereocenters. The van der Waals surface area contributed by atoms with Crippen molar-refractivity contribution >= 4 is 11.7 Å². The highest BCUT2D eigenvalue weighted by Crippen LogP contribution is 2.29. The molecule has 1 aliphatic rings. The third kappa shape index (κ3) is 3.43. The Morgan fingerprint density at radius 1 is 1.38 bits per heavy atom. The predicted octanol–water partition coefficient (Wildman–Crippen LogP) is 2.32. The maximum Gasteiger partial charge on any atom is 0.410 e. The third-order valence-electron chi connectivity index (χ3n) is 4.50. The lowest BCUT2D eigenvalue weighted by Crippen LogP contribution is -2.41. The Morgan fingerprint density at radius 3 is 2.62 bits per heavy atom. The first-order chi connectivity index (χ1) is 12.2. The summed E-state index contributed by atoms with van der Waals surface area (Å²) in [7, 11) is 0. The smallest absolute Gasteiger partial charge is 0.410 e. The largest absolute Gasteiger partial charge is 0.444 e. The van der Waals surface area contributed by atoms with Gasteiger partial charge in [0.05, 0.1) is 11.4 Å². The lowest BCUT2D eigenvalue weighted by atomic mass is 9.93. The minimum absolute atomic E-state index is 0.0873. The number of carbonyl (C=O) groups is 1. The van der Waals surface area contributed by atoms with Crippen LogP contribution in [-0.2, 0) is 4.74 Å². The molecule has 26 heavy (non-hydrogen) atoms. The van der Waals surface area contributed by atoms with Gasteiger partial charge in [0.2, 0.25) is 0 Å². The number of hydrogen-bond donors (Lipinski definition) is 1. The quantitative estimate of drug-likeness (QED) is 0.843. The SMILES string of the molecule is Cc1nn2c(C3CCN(C(=O)OC(C)(C)C)CC3)cc(=O)[nH]c2c1C#N. The summed E-state index contributed by atoms with van der Waals surface area (Å²) in [5, 5.41) is 13.7. The number of piperidine rings is 1. The molecule has 8 heteroatoms. The predicted molar refractivity (Wildman–Crippen MR) is 95.0 cm³/mol. The fraction of sp³-hybridized carbons (Fsp3) is 0.556. The van der Waals surface area contributed by atoms with E-state index in [1.54, 1.807) is 16.3 Å². The molecule has 0 aromatic carbocycles. The molecule has 2 aromatic rings. The van der Waals surface area contributed by atoms with E-state index >= 15 is 0 Å². The standard InChI is InChI=1S/C18H23N5O3/c1-11-13(10-19)16-20-15(24)9-14(23(16)21-11)12-5-7-22(8-6-12)17(25)26-18(2,3)4/h9,12H,5-8H2,1-4H3,(H,20,24). The van der Waals surface area contributed by atoms with Crippen LogP contribution in [-0.4, -0.2) is 44.3 Å². The third-order valence-corrected chi connectivity index (χ3v) is 4.50. The molecule has 0 aliphatic carbocycles. The highest BCUT2D eigenvalue weighted by atomic mass is 16.6. The molecule has 1 fully saturated rings. The molecule has 1 amide bonds. The molecule has 3 heterocycles. The topological polar surface area (TPSA) is 103 Å². The number of fused-ring (bicyclic) bond motifs is 1. The van der Waals surface area contributed by atoms with Crippen LogP contribution in [0.4, 0.5) is 4.79 Å². The first-order valence-electron chi connectivity index (χ1n) is 8.70. The number of H-pyrrole nitrogens is 1. The van der Waals surface area contributed by atoms with Crippen molar-refractivity contribution in [2.45, 2.75) is 52.1 Å².